The summed E-state index contributed by atoms with van der Waals surface area (Å²) in [5, 5.41) is 4.84. The van der Waals surface area contributed by atoms with E-state index >= 15 is 4.39 Å². The van der Waals surface area contributed by atoms with Crippen LogP contribution < -0.4 is 9.62 Å². The third-order valence-electron chi connectivity index (χ3n) is 7.60. The number of carbonyl (C=O) groups excluding carboxylic acids is 2. The highest BCUT2D eigenvalue weighted by molar-refractivity contribution is 7.89. The second-order valence-corrected chi connectivity index (χ2v) is 13.1. The number of esters is 1. The van der Waals surface area contributed by atoms with Crippen molar-refractivity contribution in [3.63, 3.8) is 0 Å². The van der Waals surface area contributed by atoms with Crippen LogP contribution in [0.3, 0.4) is 0 Å². The smallest absolute Gasteiger partial charge is 0.344 e. The first-order valence-electron chi connectivity index (χ1n) is 12.7. The van der Waals surface area contributed by atoms with E-state index in [0.717, 1.165) is 25.2 Å². The summed E-state index contributed by atoms with van der Waals surface area (Å²) in [4.78, 5) is 27.5. The van der Waals surface area contributed by atoms with Gasteiger partial charge in [-0.1, -0.05) is 34.4 Å². The minimum absolute atomic E-state index is 0.0295. The molecule has 210 valence electrons. The number of carbonyl (C=O) groups is 2. The molecule has 1 N–H and O–H groups in total. The molecule has 40 heavy (non-hydrogen) atoms. The maximum atomic E-state index is 15.0. The summed E-state index contributed by atoms with van der Waals surface area (Å²) in [5.74, 6) is -1.56. The van der Waals surface area contributed by atoms with Gasteiger partial charge < -0.3 is 14.2 Å². The van der Waals surface area contributed by atoms with E-state index in [2.05, 4.69) is 5.16 Å². The van der Waals surface area contributed by atoms with Gasteiger partial charge in [-0.15, -0.1) is 0 Å². The Bertz CT molecular complexity index is 1620. The standard InChI is InChI=1S/C27H24Cl2FN3O6S/c1-40(36,37)32-26(34)14-7-8-20(19(30)10-14)33-12-15-9-16(33)11-21(15)38-27(35)23-24(31-39-25(23)13-5-6-13)22-17(28)3-2-4-18(22)29/h2-4,7-8,10,13,15-16,21H,5-6,9,11-12H2,1H3,(H,32,34)/t15-,16-,21+/m0/s1. The number of aromatic nitrogens is 1. The Labute approximate surface area is 239 Å². The minimum Gasteiger partial charge on any atom is -0.458 e. The molecule has 13 heteroatoms. The van der Waals surface area contributed by atoms with Gasteiger partial charge in [0.2, 0.25) is 10.0 Å². The van der Waals surface area contributed by atoms with E-state index in [4.69, 9.17) is 32.5 Å². The maximum absolute atomic E-state index is 15.0. The van der Waals surface area contributed by atoms with Gasteiger partial charge in [0.1, 0.15) is 23.2 Å². The van der Waals surface area contributed by atoms with Crippen molar-refractivity contribution in [3.05, 3.63) is 69.1 Å². The van der Waals surface area contributed by atoms with Crippen LogP contribution in [-0.4, -0.2) is 50.4 Å². The molecule has 2 aromatic carbocycles. The van der Waals surface area contributed by atoms with E-state index in [1.54, 1.807) is 18.2 Å². The van der Waals surface area contributed by atoms with Gasteiger partial charge >= 0.3 is 5.97 Å². The van der Waals surface area contributed by atoms with Crippen LogP contribution in [0.4, 0.5) is 10.1 Å². The van der Waals surface area contributed by atoms with Crippen molar-refractivity contribution < 1.29 is 31.7 Å². The summed E-state index contributed by atoms with van der Waals surface area (Å²) >= 11 is 12.8. The molecule has 3 aromatic rings. The molecular weight excluding hydrogens is 584 g/mol. The summed E-state index contributed by atoms with van der Waals surface area (Å²) in [5.41, 5.74) is 1.12. The fourth-order valence-electron chi connectivity index (χ4n) is 5.67. The number of rotatable bonds is 7. The lowest BCUT2D eigenvalue weighted by Gasteiger charge is -2.33. The van der Waals surface area contributed by atoms with Crippen LogP contribution >= 0.6 is 23.2 Å². The Morgan fingerprint density at radius 1 is 1.15 bits per heavy atom. The number of nitrogens with one attached hydrogen (secondary N) is 1. The first kappa shape index (κ1) is 27.0. The molecule has 2 heterocycles. The number of sulfonamides is 1. The van der Waals surface area contributed by atoms with Gasteiger partial charge in [0.25, 0.3) is 5.91 Å². The van der Waals surface area contributed by atoms with Crippen molar-refractivity contribution in [2.75, 3.05) is 17.7 Å². The number of halogens is 3. The number of nitrogens with zero attached hydrogens (tertiary/aromatic N) is 2. The molecule has 3 fully saturated rings. The van der Waals surface area contributed by atoms with Crippen molar-refractivity contribution in [3.8, 4) is 11.3 Å². The monoisotopic (exact) mass is 607 g/mol. The Morgan fingerprint density at radius 2 is 1.88 bits per heavy atom. The molecule has 1 aromatic heterocycles. The average Bonchev–Trinajstić information content (AvgIpc) is 3.32. The Balaban J connectivity index is 1.18. The van der Waals surface area contributed by atoms with Gasteiger partial charge in [-0.3, -0.25) is 4.79 Å². The predicted octanol–water partition coefficient (Wildman–Crippen LogP) is 5.18. The number of hydrogen-bond donors (Lipinski definition) is 1. The zero-order chi connectivity index (χ0) is 28.3. The van der Waals surface area contributed by atoms with Gasteiger partial charge in [0.15, 0.2) is 5.76 Å². The van der Waals surface area contributed by atoms with Crippen LogP contribution in [0.25, 0.3) is 11.3 Å². The van der Waals surface area contributed by atoms with Gasteiger partial charge in [-0.2, -0.15) is 0 Å². The second-order valence-electron chi connectivity index (χ2n) is 10.5. The first-order chi connectivity index (χ1) is 19.0. The molecule has 2 aliphatic carbocycles. The summed E-state index contributed by atoms with van der Waals surface area (Å²) in [6, 6.07) is 8.83. The molecule has 3 aliphatic rings. The molecule has 2 bridgehead atoms. The largest absolute Gasteiger partial charge is 0.458 e. The molecule has 0 unspecified atom stereocenters. The number of amides is 1. The lowest BCUT2D eigenvalue weighted by atomic mass is 10.0. The Hall–Kier alpha value is -3.15. The highest BCUT2D eigenvalue weighted by atomic mass is 35.5. The van der Waals surface area contributed by atoms with Crippen molar-refractivity contribution in [2.24, 2.45) is 5.92 Å². The lowest BCUT2D eigenvalue weighted by Crippen LogP contribution is -2.40. The van der Waals surface area contributed by atoms with E-state index < -0.39 is 27.7 Å². The Morgan fingerprint density at radius 3 is 2.48 bits per heavy atom. The highest BCUT2D eigenvalue weighted by Crippen LogP contribution is 2.47. The molecule has 1 aliphatic heterocycles. The number of piperidine rings is 1. The quantitative estimate of drug-likeness (QED) is 0.365. The molecule has 1 saturated heterocycles. The third-order valence-corrected chi connectivity index (χ3v) is 8.79. The fourth-order valence-corrected chi connectivity index (χ4v) is 6.70. The maximum Gasteiger partial charge on any atom is 0.344 e. The number of benzene rings is 2. The molecule has 0 radical (unpaired) electrons. The summed E-state index contributed by atoms with van der Waals surface area (Å²) in [6.45, 7) is 0.455. The predicted molar refractivity (Wildman–Crippen MR) is 146 cm³/mol. The zero-order valence-electron chi connectivity index (χ0n) is 21.2. The van der Waals surface area contributed by atoms with Crippen LogP contribution in [0, 0.1) is 11.7 Å². The van der Waals surface area contributed by atoms with E-state index in [0.29, 0.717) is 46.4 Å². The Kier molecular flexibility index (Phi) is 6.79. The van der Waals surface area contributed by atoms with E-state index in [-0.39, 0.29) is 40.8 Å². The van der Waals surface area contributed by atoms with Crippen LogP contribution in [0.1, 0.15) is 58.1 Å². The van der Waals surface area contributed by atoms with Gasteiger partial charge in [-0.05, 0) is 49.6 Å². The topological polar surface area (TPSA) is 119 Å². The molecule has 9 nitrogen and oxygen atoms in total. The molecular formula is C27H24Cl2FN3O6S. The SMILES string of the molecule is CS(=O)(=O)NC(=O)c1ccc(N2C[C@@H]3C[C@H]2C[C@H]3OC(=O)c2c(-c3c(Cl)cccc3Cl)noc2C2CC2)c(F)c1. The third kappa shape index (κ3) is 5.06. The lowest BCUT2D eigenvalue weighted by molar-refractivity contribution is 0.0191. The molecule has 0 spiro atoms. The van der Waals surface area contributed by atoms with E-state index in [1.165, 1.54) is 12.1 Å². The number of anilines is 1. The van der Waals surface area contributed by atoms with Gasteiger partial charge in [-0.25, -0.2) is 22.3 Å². The molecule has 6 rings (SSSR count). The summed E-state index contributed by atoms with van der Waals surface area (Å²) in [6.07, 6.45) is 3.44. The fraction of sp³-hybridized carbons (Fsp3) is 0.370. The number of hydrogen-bond acceptors (Lipinski definition) is 8. The zero-order valence-corrected chi connectivity index (χ0v) is 23.5. The van der Waals surface area contributed by atoms with Crippen LogP contribution in [0.15, 0.2) is 40.9 Å². The highest BCUT2D eigenvalue weighted by Gasteiger charge is 2.48. The van der Waals surface area contributed by atoms with Crippen molar-refractivity contribution in [1.29, 1.82) is 0 Å². The number of ether oxygens (including phenoxy) is 1. The van der Waals surface area contributed by atoms with Crippen molar-refractivity contribution in [2.45, 2.75) is 43.7 Å². The first-order valence-corrected chi connectivity index (χ1v) is 15.4. The minimum atomic E-state index is -3.77. The second kappa shape index (κ2) is 10.0. The van der Waals surface area contributed by atoms with Crippen LogP contribution in [-0.2, 0) is 14.8 Å². The molecule has 1 amide bonds. The van der Waals surface area contributed by atoms with Gasteiger partial charge in [0.05, 0.1) is 22.0 Å². The number of fused-ring (bicyclic) bond motifs is 2. The average molecular weight is 608 g/mol. The van der Waals surface area contributed by atoms with Crippen molar-refractivity contribution in [1.82, 2.24) is 9.88 Å². The summed E-state index contributed by atoms with van der Waals surface area (Å²) in [7, 11) is -3.77. The van der Waals surface area contributed by atoms with Crippen LogP contribution in [0.2, 0.25) is 10.0 Å². The van der Waals surface area contributed by atoms with E-state index in [1.807, 2.05) is 9.62 Å². The molecule has 2 saturated carbocycles. The molecule has 3 atom stereocenters. The van der Waals surface area contributed by atoms with Crippen molar-refractivity contribution >= 4 is 50.8 Å². The summed E-state index contributed by atoms with van der Waals surface area (Å²) < 4.78 is 51.1. The normalized spacial score (nSPS) is 22.0. The van der Waals surface area contributed by atoms with Crippen LogP contribution in [0.5, 0.6) is 0 Å². The van der Waals surface area contributed by atoms with E-state index in [9.17, 15) is 18.0 Å². The van der Waals surface area contributed by atoms with Gasteiger partial charge in [0, 0.05) is 42.0 Å².